The number of carbonyl (C=O) groups is 1. The molecule has 0 aromatic rings. The Morgan fingerprint density at radius 3 is 2.75 bits per heavy atom. The summed E-state index contributed by atoms with van der Waals surface area (Å²) in [7, 11) is 0. The van der Waals surface area contributed by atoms with E-state index in [2.05, 4.69) is 6.92 Å². The van der Waals surface area contributed by atoms with Gasteiger partial charge in [-0.2, -0.15) is 0 Å². The van der Waals surface area contributed by atoms with Crippen molar-refractivity contribution in [3.05, 3.63) is 0 Å². The van der Waals surface area contributed by atoms with Gasteiger partial charge in [0, 0.05) is 18.3 Å². The number of rotatable bonds is 3. The number of fused-ring (bicyclic) bond motifs is 2. The second kappa shape index (κ2) is 5.64. The minimum atomic E-state index is -1.00. The molecule has 0 aromatic heterocycles. The molecule has 4 saturated heterocycles. The lowest BCUT2D eigenvalue weighted by atomic mass is 9.58. The van der Waals surface area contributed by atoms with Crippen molar-refractivity contribution in [1.29, 1.82) is 0 Å². The average Bonchev–Trinajstić information content (AvgIpc) is 2.76. The van der Waals surface area contributed by atoms with E-state index < -0.39 is 29.9 Å². The fraction of sp³-hybridized carbons (Fsp3) is 0.941. The molecule has 7 heteroatoms. The molecule has 136 valence electrons. The molecular formula is C17H26O7. The van der Waals surface area contributed by atoms with E-state index in [4.69, 9.17) is 29.1 Å². The molecule has 1 aliphatic carbocycles. The fourth-order valence-electron chi connectivity index (χ4n) is 5.22. The Hall–Kier alpha value is -0.730. The standard InChI is InChI=1S/C17H26O7/c1-9-4-5-12-10(2)14(20-8-13(18)19)21-15-17(12)11(9)6-7-16(3,22-15)23-24-17/h9-12,14-15H,4-8H2,1-3H3,(H,18,19)/t9-,10-,11?,12?,14+,15-,16?,17-/m1/s1. The fourth-order valence-corrected chi connectivity index (χ4v) is 5.22. The van der Waals surface area contributed by atoms with Crippen molar-refractivity contribution in [2.24, 2.45) is 23.7 Å². The Balaban J connectivity index is 1.68. The van der Waals surface area contributed by atoms with Crippen LogP contribution in [0.4, 0.5) is 0 Å². The maximum Gasteiger partial charge on any atom is 0.329 e. The van der Waals surface area contributed by atoms with Gasteiger partial charge in [-0.05, 0) is 38.0 Å². The van der Waals surface area contributed by atoms with E-state index >= 15 is 0 Å². The Labute approximate surface area is 141 Å². The third kappa shape index (κ3) is 2.33. The first-order valence-electron chi connectivity index (χ1n) is 8.89. The van der Waals surface area contributed by atoms with E-state index in [1.165, 1.54) is 0 Å². The first-order chi connectivity index (χ1) is 11.4. The lowest BCUT2D eigenvalue weighted by Gasteiger charge is -2.60. The third-order valence-corrected chi connectivity index (χ3v) is 6.47. The van der Waals surface area contributed by atoms with Crippen molar-refractivity contribution in [3.63, 3.8) is 0 Å². The molecule has 5 fully saturated rings. The molecule has 8 atom stereocenters. The van der Waals surface area contributed by atoms with Gasteiger partial charge in [0.2, 0.25) is 5.79 Å². The van der Waals surface area contributed by atoms with Crippen LogP contribution in [-0.2, 0) is 28.8 Å². The number of aliphatic carboxylic acids is 1. The Morgan fingerprint density at radius 1 is 1.21 bits per heavy atom. The molecule has 1 N–H and O–H groups in total. The Bertz CT molecular complexity index is 525. The third-order valence-electron chi connectivity index (χ3n) is 6.47. The smallest absolute Gasteiger partial charge is 0.329 e. The minimum Gasteiger partial charge on any atom is -0.480 e. The summed E-state index contributed by atoms with van der Waals surface area (Å²) in [6.45, 7) is 5.78. The first-order valence-corrected chi connectivity index (χ1v) is 8.89. The largest absolute Gasteiger partial charge is 0.480 e. The number of carboxylic acids is 1. The number of ether oxygens (including phenoxy) is 3. The van der Waals surface area contributed by atoms with Crippen LogP contribution in [-0.4, -0.2) is 41.7 Å². The Morgan fingerprint density at radius 2 is 2.00 bits per heavy atom. The van der Waals surface area contributed by atoms with E-state index in [0.717, 1.165) is 25.7 Å². The minimum absolute atomic E-state index is 0.00487. The zero-order valence-electron chi connectivity index (χ0n) is 14.4. The van der Waals surface area contributed by atoms with Crippen LogP contribution in [0, 0.1) is 23.7 Å². The average molecular weight is 342 g/mol. The summed E-state index contributed by atoms with van der Waals surface area (Å²) in [5.41, 5.74) is -0.629. The van der Waals surface area contributed by atoms with Crippen LogP contribution in [0.25, 0.3) is 0 Å². The number of hydrogen-bond acceptors (Lipinski definition) is 6. The maximum absolute atomic E-state index is 10.9. The maximum atomic E-state index is 10.9. The summed E-state index contributed by atoms with van der Waals surface area (Å²) in [4.78, 5) is 22.6. The summed E-state index contributed by atoms with van der Waals surface area (Å²) in [6, 6.07) is 0. The summed E-state index contributed by atoms with van der Waals surface area (Å²) < 4.78 is 17.8. The molecule has 2 bridgehead atoms. The number of carboxylic acid groups (broad SMARTS) is 1. The van der Waals surface area contributed by atoms with E-state index in [0.29, 0.717) is 11.8 Å². The highest BCUT2D eigenvalue weighted by Crippen LogP contribution is 2.60. The predicted molar refractivity (Wildman–Crippen MR) is 80.4 cm³/mol. The lowest BCUT2D eigenvalue weighted by Crippen LogP contribution is -2.70. The molecular weight excluding hydrogens is 316 g/mol. The quantitative estimate of drug-likeness (QED) is 0.788. The van der Waals surface area contributed by atoms with Gasteiger partial charge < -0.3 is 19.3 Å². The van der Waals surface area contributed by atoms with Gasteiger partial charge in [-0.25, -0.2) is 14.6 Å². The second-order valence-electron chi connectivity index (χ2n) is 7.98. The molecule has 5 aliphatic rings. The first kappa shape index (κ1) is 16.7. The van der Waals surface area contributed by atoms with Gasteiger partial charge in [0.1, 0.15) is 6.61 Å². The van der Waals surface area contributed by atoms with Gasteiger partial charge in [-0.1, -0.05) is 13.8 Å². The van der Waals surface area contributed by atoms with Crippen molar-refractivity contribution >= 4 is 5.97 Å². The van der Waals surface area contributed by atoms with Gasteiger partial charge in [-0.15, -0.1) is 0 Å². The summed E-state index contributed by atoms with van der Waals surface area (Å²) >= 11 is 0. The molecule has 5 rings (SSSR count). The van der Waals surface area contributed by atoms with Crippen LogP contribution in [0.5, 0.6) is 0 Å². The van der Waals surface area contributed by atoms with E-state index in [1.807, 2.05) is 13.8 Å². The van der Waals surface area contributed by atoms with Crippen LogP contribution < -0.4 is 0 Å². The van der Waals surface area contributed by atoms with E-state index in [1.54, 1.807) is 0 Å². The second-order valence-corrected chi connectivity index (χ2v) is 7.98. The van der Waals surface area contributed by atoms with E-state index in [9.17, 15) is 4.79 Å². The zero-order valence-corrected chi connectivity index (χ0v) is 14.4. The number of hydrogen-bond donors (Lipinski definition) is 1. The van der Waals surface area contributed by atoms with Crippen molar-refractivity contribution in [2.75, 3.05) is 6.61 Å². The van der Waals surface area contributed by atoms with Crippen LogP contribution >= 0.6 is 0 Å². The normalized spacial score (nSPS) is 53.3. The SMILES string of the molecule is C[C@@H]1CCC2[C@@H](C)[C@@H](OCC(=O)O)O[C@@H]3OC4(C)CCC1[C@@]23OO4. The van der Waals surface area contributed by atoms with Crippen LogP contribution in [0.2, 0.25) is 0 Å². The molecule has 1 saturated carbocycles. The molecule has 4 heterocycles. The van der Waals surface area contributed by atoms with Crippen molar-refractivity contribution in [1.82, 2.24) is 0 Å². The molecule has 4 aliphatic heterocycles. The summed E-state index contributed by atoms with van der Waals surface area (Å²) in [6.07, 6.45) is 2.61. The van der Waals surface area contributed by atoms with Gasteiger partial charge in [-0.3, -0.25) is 0 Å². The highest BCUT2D eigenvalue weighted by atomic mass is 17.3. The summed E-state index contributed by atoms with van der Waals surface area (Å²) in [5, 5.41) is 8.91. The monoisotopic (exact) mass is 342 g/mol. The van der Waals surface area contributed by atoms with E-state index in [-0.39, 0.29) is 18.4 Å². The van der Waals surface area contributed by atoms with Crippen LogP contribution in [0.3, 0.4) is 0 Å². The van der Waals surface area contributed by atoms with Gasteiger partial charge >= 0.3 is 5.97 Å². The lowest BCUT2D eigenvalue weighted by molar-refractivity contribution is -0.577. The highest BCUT2D eigenvalue weighted by molar-refractivity contribution is 5.68. The molecule has 3 unspecified atom stereocenters. The topological polar surface area (TPSA) is 83.5 Å². The van der Waals surface area contributed by atoms with Crippen LogP contribution in [0.1, 0.15) is 46.5 Å². The van der Waals surface area contributed by atoms with Gasteiger partial charge in [0.25, 0.3) is 0 Å². The summed E-state index contributed by atoms with van der Waals surface area (Å²) in [5.74, 6) is -0.868. The van der Waals surface area contributed by atoms with Crippen molar-refractivity contribution in [2.45, 2.75) is 70.4 Å². The van der Waals surface area contributed by atoms with Gasteiger partial charge in [0.05, 0.1) is 0 Å². The molecule has 0 radical (unpaired) electrons. The molecule has 7 nitrogen and oxygen atoms in total. The predicted octanol–water partition coefficient (Wildman–Crippen LogP) is 2.30. The van der Waals surface area contributed by atoms with Crippen LogP contribution in [0.15, 0.2) is 0 Å². The van der Waals surface area contributed by atoms with Crippen molar-refractivity contribution in [3.8, 4) is 0 Å². The molecule has 0 amide bonds. The van der Waals surface area contributed by atoms with Crippen molar-refractivity contribution < 1.29 is 33.9 Å². The van der Waals surface area contributed by atoms with Gasteiger partial charge in [0.15, 0.2) is 18.2 Å². The molecule has 24 heavy (non-hydrogen) atoms. The highest BCUT2D eigenvalue weighted by Gasteiger charge is 2.69. The Kier molecular flexibility index (Phi) is 3.93. The zero-order chi connectivity index (χ0) is 17.1. The molecule has 0 aromatic carbocycles. The molecule has 1 spiro atoms.